The molecule has 0 unspecified atom stereocenters. The normalized spacial score (nSPS) is 10.2. The van der Waals surface area contributed by atoms with Gasteiger partial charge in [-0.3, -0.25) is 0 Å². The van der Waals surface area contributed by atoms with Gasteiger partial charge in [-0.15, -0.1) is 0 Å². The third kappa shape index (κ3) is 1.58. The van der Waals surface area contributed by atoms with Crippen LogP contribution in [0.3, 0.4) is 0 Å². The van der Waals surface area contributed by atoms with Crippen molar-refractivity contribution in [1.29, 1.82) is 0 Å². The van der Waals surface area contributed by atoms with Gasteiger partial charge >= 0.3 is 0 Å². The maximum Gasteiger partial charge on any atom is 0.181 e. The van der Waals surface area contributed by atoms with E-state index in [4.69, 9.17) is 10.2 Å². The zero-order valence-corrected chi connectivity index (χ0v) is 8.28. The highest BCUT2D eigenvalue weighted by atomic mass is 79.9. The van der Waals surface area contributed by atoms with Gasteiger partial charge in [-0.2, -0.15) is 0 Å². The van der Waals surface area contributed by atoms with Crippen molar-refractivity contribution in [2.24, 2.45) is 0 Å². The van der Waals surface area contributed by atoms with Crippen molar-refractivity contribution in [3.63, 3.8) is 0 Å². The lowest BCUT2D eigenvalue weighted by molar-refractivity contribution is 0.572. The highest BCUT2D eigenvalue weighted by Crippen LogP contribution is 2.26. The Morgan fingerprint density at radius 1 is 1.38 bits per heavy atom. The molecule has 0 saturated heterocycles. The number of nitrogens with zero attached hydrogens (tertiary/aromatic N) is 1. The minimum absolute atomic E-state index is 0.689. The average Bonchev–Trinajstić information content (AvgIpc) is 2.62. The number of rotatable bonds is 1. The zero-order valence-electron chi connectivity index (χ0n) is 6.70. The second-order valence-electron chi connectivity index (χ2n) is 2.60. The molecule has 1 aromatic heterocycles. The molecule has 2 N–H and O–H groups in total. The molecule has 0 atom stereocenters. The number of hydrogen-bond acceptors (Lipinski definition) is 3. The third-order valence-corrected chi connectivity index (χ3v) is 2.44. The number of benzene rings is 1. The lowest BCUT2D eigenvalue weighted by Gasteiger charge is -2.00. The zero-order chi connectivity index (χ0) is 9.26. The first-order chi connectivity index (χ1) is 6.27. The molecular weight excluding hydrogens is 232 g/mol. The van der Waals surface area contributed by atoms with Crippen LogP contribution < -0.4 is 5.73 Å². The number of anilines is 1. The maximum absolute atomic E-state index is 5.72. The van der Waals surface area contributed by atoms with Crippen LogP contribution in [0.1, 0.15) is 0 Å². The van der Waals surface area contributed by atoms with Gasteiger partial charge in [0, 0.05) is 15.7 Å². The van der Waals surface area contributed by atoms with Crippen LogP contribution in [0.2, 0.25) is 0 Å². The second-order valence-corrected chi connectivity index (χ2v) is 3.46. The molecule has 2 aromatic rings. The van der Waals surface area contributed by atoms with Gasteiger partial charge in [0.05, 0.1) is 6.20 Å². The fourth-order valence-electron chi connectivity index (χ4n) is 1.06. The molecule has 3 nitrogen and oxygen atoms in total. The van der Waals surface area contributed by atoms with E-state index in [1.54, 1.807) is 6.20 Å². The van der Waals surface area contributed by atoms with E-state index in [0.717, 1.165) is 15.8 Å². The number of halogens is 1. The number of nitrogen functional groups attached to an aromatic ring is 1. The Morgan fingerprint density at radius 2 is 2.23 bits per heavy atom. The summed E-state index contributed by atoms with van der Waals surface area (Å²) in [5.74, 6) is 0.721. The summed E-state index contributed by atoms with van der Waals surface area (Å²) in [6.45, 7) is 0. The Kier molecular flexibility index (Phi) is 2.06. The maximum atomic E-state index is 5.72. The van der Waals surface area contributed by atoms with Crippen LogP contribution in [-0.2, 0) is 0 Å². The van der Waals surface area contributed by atoms with Crippen molar-refractivity contribution in [2.45, 2.75) is 0 Å². The Bertz CT molecular complexity index is 412. The first kappa shape index (κ1) is 8.31. The van der Waals surface area contributed by atoms with E-state index in [1.165, 1.54) is 6.39 Å². The summed E-state index contributed by atoms with van der Waals surface area (Å²) in [6, 6.07) is 5.64. The van der Waals surface area contributed by atoms with E-state index in [0.29, 0.717) is 5.69 Å². The number of aromatic nitrogens is 1. The topological polar surface area (TPSA) is 52.0 Å². The molecule has 0 aliphatic carbocycles. The minimum atomic E-state index is 0.689. The second kappa shape index (κ2) is 3.22. The van der Waals surface area contributed by atoms with Crippen molar-refractivity contribution in [1.82, 2.24) is 4.98 Å². The standard InChI is InChI=1S/C9H7BrN2O/c10-7-2-1-6(3-8(7)11)9-4-12-5-13-9/h1-5H,11H2. The highest BCUT2D eigenvalue weighted by Gasteiger charge is 2.02. The van der Waals surface area contributed by atoms with Crippen molar-refractivity contribution >= 4 is 21.6 Å². The van der Waals surface area contributed by atoms with Crippen molar-refractivity contribution < 1.29 is 4.42 Å². The van der Waals surface area contributed by atoms with Crippen LogP contribution in [0.15, 0.2) is 39.7 Å². The van der Waals surface area contributed by atoms with Crippen LogP contribution in [0, 0.1) is 0 Å². The van der Waals surface area contributed by atoms with Gasteiger partial charge in [0.25, 0.3) is 0 Å². The van der Waals surface area contributed by atoms with Crippen LogP contribution in [0.5, 0.6) is 0 Å². The van der Waals surface area contributed by atoms with Crippen LogP contribution in [-0.4, -0.2) is 4.98 Å². The van der Waals surface area contributed by atoms with Crippen LogP contribution in [0.4, 0.5) is 5.69 Å². The van der Waals surface area contributed by atoms with E-state index in [9.17, 15) is 0 Å². The number of hydrogen-bond donors (Lipinski definition) is 1. The van der Waals surface area contributed by atoms with Gasteiger partial charge in [0.2, 0.25) is 0 Å². The molecule has 0 bridgehead atoms. The molecule has 0 amide bonds. The molecule has 0 fully saturated rings. The van der Waals surface area contributed by atoms with E-state index in [2.05, 4.69) is 20.9 Å². The summed E-state index contributed by atoms with van der Waals surface area (Å²) in [6.07, 6.45) is 3.05. The molecule has 1 heterocycles. The van der Waals surface area contributed by atoms with Crippen LogP contribution in [0.25, 0.3) is 11.3 Å². The molecule has 0 saturated carbocycles. The first-order valence-electron chi connectivity index (χ1n) is 3.71. The predicted octanol–water partition coefficient (Wildman–Crippen LogP) is 2.69. The summed E-state index contributed by atoms with van der Waals surface area (Å²) in [5.41, 5.74) is 7.34. The number of nitrogens with two attached hydrogens (primary N) is 1. The monoisotopic (exact) mass is 238 g/mol. The quantitative estimate of drug-likeness (QED) is 0.778. The molecule has 66 valence electrons. The predicted molar refractivity (Wildman–Crippen MR) is 54.1 cm³/mol. The minimum Gasteiger partial charge on any atom is -0.444 e. The molecule has 0 aliphatic rings. The lowest BCUT2D eigenvalue weighted by Crippen LogP contribution is -1.86. The first-order valence-corrected chi connectivity index (χ1v) is 4.50. The summed E-state index contributed by atoms with van der Waals surface area (Å²) in [7, 11) is 0. The van der Waals surface area contributed by atoms with E-state index >= 15 is 0 Å². The molecule has 0 aliphatic heterocycles. The Hall–Kier alpha value is -1.29. The summed E-state index contributed by atoms with van der Waals surface area (Å²) in [5, 5.41) is 0. The molecule has 4 heteroatoms. The van der Waals surface area contributed by atoms with Gasteiger partial charge in [0.1, 0.15) is 0 Å². The fraction of sp³-hybridized carbons (Fsp3) is 0. The summed E-state index contributed by atoms with van der Waals surface area (Å²) < 4.78 is 6.02. The van der Waals surface area contributed by atoms with E-state index in [-0.39, 0.29) is 0 Å². The molecule has 1 aromatic carbocycles. The van der Waals surface area contributed by atoms with Gasteiger partial charge in [0.15, 0.2) is 12.2 Å². The molecule has 13 heavy (non-hydrogen) atoms. The van der Waals surface area contributed by atoms with Crippen molar-refractivity contribution in [3.8, 4) is 11.3 Å². The molecular formula is C9H7BrN2O. The molecule has 0 radical (unpaired) electrons. The average molecular weight is 239 g/mol. The Morgan fingerprint density at radius 3 is 2.85 bits per heavy atom. The largest absolute Gasteiger partial charge is 0.444 e. The van der Waals surface area contributed by atoms with Crippen molar-refractivity contribution in [2.75, 3.05) is 5.73 Å². The Labute approximate surface area is 83.7 Å². The van der Waals surface area contributed by atoms with Gasteiger partial charge < -0.3 is 10.2 Å². The SMILES string of the molecule is Nc1cc(-c2cnco2)ccc1Br. The molecule has 2 rings (SSSR count). The number of oxazole rings is 1. The van der Waals surface area contributed by atoms with E-state index < -0.39 is 0 Å². The van der Waals surface area contributed by atoms with Crippen LogP contribution >= 0.6 is 15.9 Å². The fourth-order valence-corrected chi connectivity index (χ4v) is 1.30. The summed E-state index contributed by atoms with van der Waals surface area (Å²) >= 11 is 3.32. The van der Waals surface area contributed by atoms with Gasteiger partial charge in [-0.25, -0.2) is 4.98 Å². The van der Waals surface area contributed by atoms with E-state index in [1.807, 2.05) is 18.2 Å². The van der Waals surface area contributed by atoms with Gasteiger partial charge in [-0.05, 0) is 34.1 Å². The third-order valence-electron chi connectivity index (χ3n) is 1.71. The summed E-state index contributed by atoms with van der Waals surface area (Å²) in [4.78, 5) is 3.83. The highest BCUT2D eigenvalue weighted by molar-refractivity contribution is 9.10. The molecule has 0 spiro atoms. The van der Waals surface area contributed by atoms with Gasteiger partial charge in [-0.1, -0.05) is 0 Å². The van der Waals surface area contributed by atoms with Crippen molar-refractivity contribution in [3.05, 3.63) is 35.3 Å². The smallest absolute Gasteiger partial charge is 0.181 e. The Balaban J connectivity index is 2.49. The lowest BCUT2D eigenvalue weighted by atomic mass is 10.2.